The van der Waals surface area contributed by atoms with E-state index in [4.69, 9.17) is 0 Å². The molecule has 2 aliphatic rings. The molecule has 0 radical (unpaired) electrons. The molecule has 0 spiro atoms. The van der Waals surface area contributed by atoms with Gasteiger partial charge in [-0.25, -0.2) is 0 Å². The van der Waals surface area contributed by atoms with E-state index in [1.807, 2.05) is 6.07 Å². The highest BCUT2D eigenvalue weighted by atomic mass is 15.3. The standard InChI is InChI=1S/C30H42N4/c1-3-26(2)30(25-31,28-13-5-4-6-14-28)16-10-17-32-19-21-33(22-20-32)23-24-34-18-9-12-27-11-7-8-15-29(27)34/h4-8,11,13-15,26H,3,9-10,12,16-24H2,1-2H3. The number of piperazine rings is 1. The molecule has 2 aromatic carbocycles. The van der Waals surface area contributed by atoms with Gasteiger partial charge in [0.05, 0.1) is 11.5 Å². The Balaban J connectivity index is 1.23. The van der Waals surface area contributed by atoms with Gasteiger partial charge in [0.1, 0.15) is 0 Å². The second-order valence-corrected chi connectivity index (χ2v) is 10.3. The van der Waals surface area contributed by atoms with Crippen LogP contribution >= 0.6 is 0 Å². The Morgan fingerprint density at radius 1 is 0.882 bits per heavy atom. The maximum atomic E-state index is 10.3. The maximum absolute atomic E-state index is 10.3. The molecule has 1 saturated heterocycles. The molecule has 1 fully saturated rings. The van der Waals surface area contributed by atoms with Gasteiger partial charge in [0.15, 0.2) is 0 Å². The Hall–Kier alpha value is -2.35. The van der Waals surface area contributed by atoms with Gasteiger partial charge in [-0.15, -0.1) is 0 Å². The minimum atomic E-state index is -0.372. The number of fused-ring (bicyclic) bond motifs is 1. The lowest BCUT2D eigenvalue weighted by Gasteiger charge is -2.38. The molecule has 2 heterocycles. The van der Waals surface area contributed by atoms with Crippen molar-refractivity contribution < 1.29 is 0 Å². The number of hydrogen-bond acceptors (Lipinski definition) is 4. The maximum Gasteiger partial charge on any atom is 0.0848 e. The molecule has 0 N–H and O–H groups in total. The molecule has 0 bridgehead atoms. The molecule has 2 unspecified atom stereocenters. The van der Waals surface area contributed by atoms with Crippen molar-refractivity contribution in [3.8, 4) is 6.07 Å². The molecule has 182 valence electrons. The fraction of sp³-hybridized carbons (Fsp3) is 0.567. The number of hydrogen-bond donors (Lipinski definition) is 0. The Bertz CT molecular complexity index is 928. The highest BCUT2D eigenvalue weighted by Crippen LogP contribution is 2.38. The van der Waals surface area contributed by atoms with Crippen LogP contribution in [0.15, 0.2) is 54.6 Å². The van der Waals surface area contributed by atoms with Gasteiger partial charge in [0.25, 0.3) is 0 Å². The average Bonchev–Trinajstić information content (AvgIpc) is 2.91. The van der Waals surface area contributed by atoms with Crippen molar-refractivity contribution in [2.24, 2.45) is 5.92 Å². The fourth-order valence-electron chi connectivity index (χ4n) is 5.91. The van der Waals surface area contributed by atoms with Gasteiger partial charge in [-0.2, -0.15) is 5.26 Å². The van der Waals surface area contributed by atoms with E-state index in [0.717, 1.165) is 65.1 Å². The fourth-order valence-corrected chi connectivity index (χ4v) is 5.91. The molecule has 0 aromatic heterocycles. The van der Waals surface area contributed by atoms with E-state index in [9.17, 15) is 5.26 Å². The van der Waals surface area contributed by atoms with E-state index < -0.39 is 0 Å². The topological polar surface area (TPSA) is 33.5 Å². The lowest BCUT2D eigenvalue weighted by molar-refractivity contribution is 0.130. The monoisotopic (exact) mass is 458 g/mol. The summed E-state index contributed by atoms with van der Waals surface area (Å²) >= 11 is 0. The number of benzene rings is 2. The average molecular weight is 459 g/mol. The first-order chi connectivity index (χ1) is 16.7. The van der Waals surface area contributed by atoms with Gasteiger partial charge >= 0.3 is 0 Å². The molecule has 4 heteroatoms. The normalized spacial score (nSPS) is 19.7. The SMILES string of the molecule is CCC(C)C(C#N)(CCCN1CCN(CCN2CCCc3ccccc32)CC1)c1ccccc1. The molecular weight excluding hydrogens is 416 g/mol. The summed E-state index contributed by atoms with van der Waals surface area (Å²) < 4.78 is 0. The van der Waals surface area contributed by atoms with Crippen LogP contribution in [0.25, 0.3) is 0 Å². The zero-order valence-corrected chi connectivity index (χ0v) is 21.3. The van der Waals surface area contributed by atoms with Crippen LogP contribution in [0, 0.1) is 17.2 Å². The van der Waals surface area contributed by atoms with Crippen LogP contribution < -0.4 is 4.90 Å². The lowest BCUT2D eigenvalue weighted by atomic mass is 9.68. The van der Waals surface area contributed by atoms with Crippen LogP contribution in [-0.4, -0.2) is 62.2 Å². The Kier molecular flexibility index (Phi) is 8.64. The van der Waals surface area contributed by atoms with Crippen LogP contribution in [0.4, 0.5) is 5.69 Å². The molecule has 4 rings (SSSR count). The molecule has 2 atom stereocenters. The summed E-state index contributed by atoms with van der Waals surface area (Å²) in [5, 5.41) is 10.3. The van der Waals surface area contributed by atoms with Gasteiger partial charge in [0.2, 0.25) is 0 Å². The molecule has 34 heavy (non-hydrogen) atoms. The second kappa shape index (κ2) is 11.9. The predicted octanol–water partition coefficient (Wildman–Crippen LogP) is 5.34. The van der Waals surface area contributed by atoms with E-state index in [1.165, 1.54) is 36.2 Å². The van der Waals surface area contributed by atoms with Crippen molar-refractivity contribution in [1.29, 1.82) is 5.26 Å². The molecule has 2 aliphatic heterocycles. The molecule has 4 nitrogen and oxygen atoms in total. The van der Waals surface area contributed by atoms with Crippen LogP contribution in [0.2, 0.25) is 0 Å². The van der Waals surface area contributed by atoms with Gasteiger partial charge in [-0.1, -0.05) is 68.8 Å². The van der Waals surface area contributed by atoms with E-state index >= 15 is 0 Å². The van der Waals surface area contributed by atoms with Gasteiger partial charge in [-0.3, -0.25) is 4.90 Å². The van der Waals surface area contributed by atoms with E-state index in [1.54, 1.807) is 0 Å². The molecular formula is C30H42N4. The highest BCUT2D eigenvalue weighted by Gasteiger charge is 2.37. The Morgan fingerprint density at radius 2 is 1.56 bits per heavy atom. The van der Waals surface area contributed by atoms with Gasteiger partial charge in [0, 0.05) is 51.5 Å². The molecule has 0 amide bonds. The first-order valence-corrected chi connectivity index (χ1v) is 13.4. The summed E-state index contributed by atoms with van der Waals surface area (Å²) in [5.41, 5.74) is 3.78. The summed E-state index contributed by atoms with van der Waals surface area (Å²) in [4.78, 5) is 7.83. The highest BCUT2D eigenvalue weighted by molar-refractivity contribution is 5.55. The third kappa shape index (κ3) is 5.65. The number of anilines is 1. The Morgan fingerprint density at radius 3 is 2.26 bits per heavy atom. The number of para-hydroxylation sites is 1. The van der Waals surface area contributed by atoms with Crippen molar-refractivity contribution >= 4 is 5.69 Å². The van der Waals surface area contributed by atoms with Crippen molar-refractivity contribution in [3.05, 3.63) is 65.7 Å². The van der Waals surface area contributed by atoms with Crippen LogP contribution in [0.3, 0.4) is 0 Å². The number of nitriles is 1. The molecule has 0 aliphatic carbocycles. The minimum Gasteiger partial charge on any atom is -0.370 e. The number of aryl methyl sites for hydroxylation is 1. The predicted molar refractivity (Wildman–Crippen MR) is 142 cm³/mol. The van der Waals surface area contributed by atoms with Crippen molar-refractivity contribution in [2.75, 3.05) is 57.3 Å². The van der Waals surface area contributed by atoms with E-state index in [-0.39, 0.29) is 5.41 Å². The summed E-state index contributed by atoms with van der Waals surface area (Å²) in [6, 6.07) is 22.2. The van der Waals surface area contributed by atoms with E-state index in [0.29, 0.717) is 5.92 Å². The van der Waals surface area contributed by atoms with Gasteiger partial charge < -0.3 is 9.80 Å². The molecule has 0 saturated carbocycles. The first kappa shape index (κ1) is 24.8. The van der Waals surface area contributed by atoms with Crippen LogP contribution in [0.1, 0.15) is 50.7 Å². The summed E-state index contributed by atoms with van der Waals surface area (Å²) in [6.07, 6.45) is 5.55. The third-order valence-corrected chi connectivity index (χ3v) is 8.35. The first-order valence-electron chi connectivity index (χ1n) is 13.4. The second-order valence-electron chi connectivity index (χ2n) is 10.3. The quantitative estimate of drug-likeness (QED) is 0.481. The Labute approximate surface area is 207 Å². The smallest absolute Gasteiger partial charge is 0.0848 e. The van der Waals surface area contributed by atoms with Crippen molar-refractivity contribution in [2.45, 2.75) is 51.4 Å². The summed E-state index contributed by atoms with van der Waals surface area (Å²) in [7, 11) is 0. The summed E-state index contributed by atoms with van der Waals surface area (Å²) in [5.74, 6) is 0.358. The minimum absolute atomic E-state index is 0.358. The van der Waals surface area contributed by atoms with E-state index in [2.05, 4.69) is 83.1 Å². The van der Waals surface area contributed by atoms with Gasteiger partial charge in [-0.05, 0) is 55.3 Å². The summed E-state index contributed by atoms with van der Waals surface area (Å²) in [6.45, 7) is 13.6. The zero-order valence-electron chi connectivity index (χ0n) is 21.3. The lowest BCUT2D eigenvalue weighted by Crippen LogP contribution is -2.49. The number of rotatable bonds is 10. The molecule has 2 aromatic rings. The third-order valence-electron chi connectivity index (χ3n) is 8.35. The largest absolute Gasteiger partial charge is 0.370 e. The van der Waals surface area contributed by atoms with Crippen molar-refractivity contribution in [1.82, 2.24) is 9.80 Å². The van der Waals surface area contributed by atoms with Crippen molar-refractivity contribution in [3.63, 3.8) is 0 Å². The number of nitrogens with zero attached hydrogens (tertiary/aromatic N) is 4. The zero-order chi connectivity index (χ0) is 23.8. The van der Waals surface area contributed by atoms with Crippen LogP contribution in [-0.2, 0) is 11.8 Å². The van der Waals surface area contributed by atoms with Crippen LogP contribution in [0.5, 0.6) is 0 Å².